The van der Waals surface area contributed by atoms with Crippen LogP contribution in [0.5, 0.6) is 0 Å². The van der Waals surface area contributed by atoms with Gasteiger partial charge in [0.1, 0.15) is 12.6 Å². The number of urea groups is 1. The van der Waals surface area contributed by atoms with Crippen LogP contribution in [-0.2, 0) is 30.9 Å². The van der Waals surface area contributed by atoms with E-state index >= 15 is 0 Å². The molecule has 2 aromatic carbocycles. The molecule has 11 heteroatoms. The maximum Gasteiger partial charge on any atom is 0.332 e. The zero-order valence-corrected chi connectivity index (χ0v) is 19.0. The third-order valence-electron chi connectivity index (χ3n) is 5.19. The van der Waals surface area contributed by atoms with Gasteiger partial charge in [-0.25, -0.2) is 17.9 Å². The largest absolute Gasteiger partial charge is 0.468 e. The van der Waals surface area contributed by atoms with E-state index in [1.807, 2.05) is 40.0 Å². The summed E-state index contributed by atoms with van der Waals surface area (Å²) in [7, 11) is -2.91. The Morgan fingerprint density at radius 3 is 2.27 bits per heavy atom. The lowest BCUT2D eigenvalue weighted by Gasteiger charge is -2.40. The minimum Gasteiger partial charge on any atom is -0.468 e. The normalized spacial score (nSPS) is 16.6. The van der Waals surface area contributed by atoms with Crippen LogP contribution in [0.2, 0.25) is 0 Å². The number of benzene rings is 2. The number of hydrogen-bond acceptors (Lipinski definition) is 7. The number of piperazine rings is 1. The number of nitrogens with one attached hydrogen (secondary N) is 2. The molecule has 176 valence electrons. The molecule has 10 nitrogen and oxygen atoms in total. The molecule has 0 aliphatic carbocycles. The zero-order valence-electron chi connectivity index (χ0n) is 18.1. The van der Waals surface area contributed by atoms with Crippen molar-refractivity contribution in [3.63, 3.8) is 0 Å². The Kier molecular flexibility index (Phi) is 8.01. The van der Waals surface area contributed by atoms with Gasteiger partial charge in [-0.3, -0.25) is 14.5 Å². The summed E-state index contributed by atoms with van der Waals surface area (Å²) < 4.78 is 31.8. The van der Waals surface area contributed by atoms with Crippen LogP contribution in [0.25, 0.3) is 0 Å². The monoisotopic (exact) mass is 474 g/mol. The molecule has 1 fully saturated rings. The molecule has 3 rings (SSSR count). The number of ether oxygens (including phenoxy) is 1. The lowest BCUT2D eigenvalue weighted by molar-refractivity contribution is -0.142. The topological polar surface area (TPSA) is 125 Å². The van der Waals surface area contributed by atoms with Gasteiger partial charge in [-0.05, 0) is 17.7 Å². The number of nitrogens with zero attached hydrogens (tertiary/aromatic N) is 2. The zero-order chi connectivity index (χ0) is 23.8. The SMILES string of the molecule is COC(=O)CNC(=O)C1CN(Cc2ccccc2)CCN1C(=O)NS(=O)(=O)c1ccccc1. The van der Waals surface area contributed by atoms with Crippen LogP contribution in [0.3, 0.4) is 0 Å². The van der Waals surface area contributed by atoms with Crippen molar-refractivity contribution in [1.29, 1.82) is 0 Å². The Morgan fingerprint density at radius 1 is 1.00 bits per heavy atom. The van der Waals surface area contributed by atoms with Gasteiger partial charge >= 0.3 is 12.0 Å². The average Bonchev–Trinajstić information content (AvgIpc) is 2.83. The van der Waals surface area contributed by atoms with Crippen molar-refractivity contribution >= 4 is 27.9 Å². The van der Waals surface area contributed by atoms with Crippen molar-refractivity contribution in [2.45, 2.75) is 17.5 Å². The van der Waals surface area contributed by atoms with Gasteiger partial charge in [0.05, 0.1) is 12.0 Å². The molecule has 33 heavy (non-hydrogen) atoms. The van der Waals surface area contributed by atoms with E-state index in [4.69, 9.17) is 0 Å². The van der Waals surface area contributed by atoms with Gasteiger partial charge in [0.2, 0.25) is 5.91 Å². The average molecular weight is 475 g/mol. The standard InChI is InChI=1S/C22H26N4O6S/c1-32-20(27)14-23-21(28)19-16-25(15-17-8-4-2-5-9-17)12-13-26(19)22(29)24-33(30,31)18-10-6-3-7-11-18/h2-11,19H,12-16H2,1H3,(H,23,28)(H,24,29). The maximum absolute atomic E-state index is 12.9. The second kappa shape index (κ2) is 10.9. The van der Waals surface area contributed by atoms with E-state index in [0.29, 0.717) is 13.1 Å². The first-order chi connectivity index (χ1) is 15.8. The van der Waals surface area contributed by atoms with E-state index in [9.17, 15) is 22.8 Å². The molecule has 1 aliphatic heterocycles. The Bertz CT molecular complexity index is 1080. The van der Waals surface area contributed by atoms with E-state index in [0.717, 1.165) is 5.56 Å². The molecule has 3 amide bonds. The third kappa shape index (κ3) is 6.53. The minimum absolute atomic E-state index is 0.0623. The van der Waals surface area contributed by atoms with E-state index < -0.39 is 34.0 Å². The predicted octanol–water partition coefficient (Wildman–Crippen LogP) is 0.561. The summed E-state index contributed by atoms with van der Waals surface area (Å²) >= 11 is 0. The van der Waals surface area contributed by atoms with Crippen LogP contribution < -0.4 is 10.0 Å². The second-order valence-corrected chi connectivity index (χ2v) is 9.13. The first kappa shape index (κ1) is 24.2. The molecule has 2 N–H and O–H groups in total. The molecule has 0 aromatic heterocycles. The summed E-state index contributed by atoms with van der Waals surface area (Å²) in [6.07, 6.45) is 0. The van der Waals surface area contributed by atoms with Crippen LogP contribution in [0.4, 0.5) is 4.79 Å². The summed E-state index contributed by atoms with van der Waals surface area (Å²) in [6, 6.07) is 15.2. The molecule has 2 aromatic rings. The number of amides is 3. The van der Waals surface area contributed by atoms with Gasteiger partial charge in [0.25, 0.3) is 10.0 Å². The van der Waals surface area contributed by atoms with Gasteiger partial charge in [-0.2, -0.15) is 0 Å². The number of esters is 1. The van der Waals surface area contributed by atoms with Crippen LogP contribution in [0.15, 0.2) is 65.6 Å². The van der Waals surface area contributed by atoms with Gasteiger partial charge in [0, 0.05) is 26.2 Å². The van der Waals surface area contributed by atoms with Gasteiger partial charge in [-0.15, -0.1) is 0 Å². The van der Waals surface area contributed by atoms with Crippen molar-refractivity contribution in [3.8, 4) is 0 Å². The Morgan fingerprint density at radius 2 is 1.64 bits per heavy atom. The first-order valence-electron chi connectivity index (χ1n) is 10.3. The maximum atomic E-state index is 12.9. The highest BCUT2D eigenvalue weighted by atomic mass is 32.2. The Hall–Kier alpha value is -3.44. The molecular formula is C22H26N4O6S. The minimum atomic E-state index is -4.11. The summed E-state index contributed by atoms with van der Waals surface area (Å²) in [6.45, 7) is 0.927. The first-order valence-corrected chi connectivity index (χ1v) is 11.8. The molecule has 1 saturated heterocycles. The number of sulfonamides is 1. The molecule has 1 atom stereocenters. The Balaban J connectivity index is 1.75. The van der Waals surface area contributed by atoms with Gasteiger partial charge in [0.15, 0.2) is 0 Å². The van der Waals surface area contributed by atoms with Crippen LogP contribution >= 0.6 is 0 Å². The fraction of sp³-hybridized carbons (Fsp3) is 0.318. The second-order valence-electron chi connectivity index (χ2n) is 7.45. The van der Waals surface area contributed by atoms with Crippen molar-refractivity contribution in [2.24, 2.45) is 0 Å². The molecule has 0 spiro atoms. The molecule has 1 heterocycles. The fourth-order valence-corrected chi connectivity index (χ4v) is 4.45. The number of rotatable bonds is 7. The van der Waals surface area contributed by atoms with Crippen molar-refractivity contribution in [1.82, 2.24) is 19.8 Å². The fourth-order valence-electron chi connectivity index (χ4n) is 3.47. The van der Waals surface area contributed by atoms with E-state index in [1.165, 1.54) is 24.1 Å². The highest BCUT2D eigenvalue weighted by Gasteiger charge is 2.37. The van der Waals surface area contributed by atoms with E-state index in [-0.39, 0.29) is 24.5 Å². The van der Waals surface area contributed by atoms with Crippen LogP contribution in [-0.4, -0.2) is 75.5 Å². The lowest BCUT2D eigenvalue weighted by atomic mass is 10.1. The molecular weight excluding hydrogens is 448 g/mol. The summed E-state index contributed by atoms with van der Waals surface area (Å²) in [5, 5.41) is 2.46. The number of carbonyl (C=O) groups excluding carboxylic acids is 3. The van der Waals surface area contributed by atoms with E-state index in [1.54, 1.807) is 18.2 Å². The van der Waals surface area contributed by atoms with Gasteiger partial charge in [-0.1, -0.05) is 48.5 Å². The lowest BCUT2D eigenvalue weighted by Crippen LogP contribution is -2.62. The van der Waals surface area contributed by atoms with Gasteiger partial charge < -0.3 is 15.0 Å². The number of carbonyl (C=O) groups is 3. The summed E-state index contributed by atoms with van der Waals surface area (Å²) in [4.78, 5) is 40.3. The molecule has 1 unspecified atom stereocenters. The molecule has 0 bridgehead atoms. The van der Waals surface area contributed by atoms with Crippen molar-refractivity contribution in [2.75, 3.05) is 33.3 Å². The van der Waals surface area contributed by atoms with Crippen LogP contribution in [0, 0.1) is 0 Å². The molecule has 0 saturated carbocycles. The third-order valence-corrected chi connectivity index (χ3v) is 6.52. The highest BCUT2D eigenvalue weighted by molar-refractivity contribution is 7.90. The Labute approximate surface area is 192 Å². The highest BCUT2D eigenvalue weighted by Crippen LogP contribution is 2.15. The summed E-state index contributed by atoms with van der Waals surface area (Å²) in [5.74, 6) is -1.21. The predicted molar refractivity (Wildman–Crippen MR) is 119 cm³/mol. The quantitative estimate of drug-likeness (QED) is 0.562. The smallest absolute Gasteiger partial charge is 0.332 e. The summed E-state index contributed by atoms with van der Waals surface area (Å²) in [5.41, 5.74) is 1.04. The number of methoxy groups -OCH3 is 1. The molecule has 1 aliphatic rings. The molecule has 0 radical (unpaired) electrons. The number of hydrogen-bond donors (Lipinski definition) is 2. The van der Waals surface area contributed by atoms with Crippen molar-refractivity contribution < 1.29 is 27.5 Å². The van der Waals surface area contributed by atoms with E-state index in [2.05, 4.69) is 10.1 Å². The van der Waals surface area contributed by atoms with Crippen LogP contribution in [0.1, 0.15) is 5.56 Å². The van der Waals surface area contributed by atoms with Crippen molar-refractivity contribution in [3.05, 3.63) is 66.2 Å².